The Bertz CT molecular complexity index is 1270. The standard InChI is InChI=1S/C22H14BrCl4FN2O3/c1-9-6-16(29-22(32)30-21(31)18-12(24)4-3-5-15(18)28)10(2)19(27)20(9)33-17-8-14(26)13(25)7-11(17)23/h3-8H,1-2H3,(H2,29,30,31,32). The molecule has 172 valence electrons. The highest BCUT2D eigenvalue weighted by molar-refractivity contribution is 9.10. The number of anilines is 1. The highest BCUT2D eigenvalue weighted by Gasteiger charge is 2.21. The molecule has 0 bridgehead atoms. The van der Waals surface area contributed by atoms with Gasteiger partial charge >= 0.3 is 6.03 Å². The van der Waals surface area contributed by atoms with Gasteiger partial charge in [0, 0.05) is 11.8 Å². The number of hydrogen-bond donors (Lipinski definition) is 2. The molecule has 0 atom stereocenters. The third kappa shape index (κ3) is 5.73. The van der Waals surface area contributed by atoms with E-state index < -0.39 is 23.3 Å². The molecule has 0 aliphatic rings. The summed E-state index contributed by atoms with van der Waals surface area (Å²) in [5, 5.41) is 5.33. The van der Waals surface area contributed by atoms with Crippen molar-refractivity contribution in [3.05, 3.63) is 83.5 Å². The Balaban J connectivity index is 1.82. The predicted molar refractivity (Wildman–Crippen MR) is 133 cm³/mol. The molecule has 0 aliphatic carbocycles. The average molecular weight is 595 g/mol. The lowest BCUT2D eigenvalue weighted by molar-refractivity contribution is 0.0963. The van der Waals surface area contributed by atoms with Gasteiger partial charge in [-0.15, -0.1) is 0 Å². The van der Waals surface area contributed by atoms with Crippen LogP contribution in [0.15, 0.2) is 40.9 Å². The topological polar surface area (TPSA) is 67.4 Å². The van der Waals surface area contributed by atoms with Crippen LogP contribution in [-0.4, -0.2) is 11.9 Å². The number of rotatable bonds is 4. The maximum Gasteiger partial charge on any atom is 0.326 e. The van der Waals surface area contributed by atoms with Crippen LogP contribution in [0, 0.1) is 19.7 Å². The van der Waals surface area contributed by atoms with Crippen molar-refractivity contribution in [3.63, 3.8) is 0 Å². The SMILES string of the molecule is Cc1cc(NC(=O)NC(=O)c2c(F)cccc2Cl)c(C)c(Cl)c1Oc1cc(Cl)c(Cl)cc1Br. The molecule has 0 radical (unpaired) electrons. The lowest BCUT2D eigenvalue weighted by atomic mass is 10.1. The highest BCUT2D eigenvalue weighted by atomic mass is 79.9. The number of aryl methyl sites for hydroxylation is 1. The summed E-state index contributed by atoms with van der Waals surface area (Å²) in [5.74, 6) is -1.11. The largest absolute Gasteiger partial charge is 0.454 e. The molecule has 11 heteroatoms. The zero-order chi connectivity index (χ0) is 24.4. The van der Waals surface area contributed by atoms with Crippen LogP contribution in [0.1, 0.15) is 21.5 Å². The minimum atomic E-state index is -0.986. The molecule has 0 unspecified atom stereocenters. The number of halogens is 6. The third-order valence-electron chi connectivity index (χ3n) is 4.50. The first-order valence-corrected chi connectivity index (χ1v) is 11.5. The molecule has 3 rings (SSSR count). The molecule has 33 heavy (non-hydrogen) atoms. The van der Waals surface area contributed by atoms with E-state index in [9.17, 15) is 14.0 Å². The van der Waals surface area contributed by atoms with Crippen molar-refractivity contribution in [2.24, 2.45) is 0 Å². The minimum Gasteiger partial charge on any atom is -0.454 e. The van der Waals surface area contributed by atoms with Crippen molar-refractivity contribution in [2.75, 3.05) is 5.32 Å². The molecule has 3 aromatic rings. The van der Waals surface area contributed by atoms with Gasteiger partial charge in [-0.2, -0.15) is 0 Å². The monoisotopic (exact) mass is 592 g/mol. The number of imide groups is 1. The van der Waals surface area contributed by atoms with E-state index in [1.165, 1.54) is 18.2 Å². The summed E-state index contributed by atoms with van der Waals surface area (Å²) in [4.78, 5) is 24.6. The molecule has 2 N–H and O–H groups in total. The Morgan fingerprint density at radius 1 is 1.00 bits per heavy atom. The van der Waals surface area contributed by atoms with E-state index in [1.54, 1.807) is 26.0 Å². The van der Waals surface area contributed by atoms with Gasteiger partial charge in [-0.25, -0.2) is 9.18 Å². The second kappa shape index (κ2) is 10.5. The molecular formula is C22H14BrCl4FN2O3. The van der Waals surface area contributed by atoms with Gasteiger partial charge in [-0.05, 0) is 65.2 Å². The minimum absolute atomic E-state index is 0.120. The van der Waals surface area contributed by atoms with Crippen molar-refractivity contribution in [3.8, 4) is 11.5 Å². The van der Waals surface area contributed by atoms with Gasteiger partial charge in [0.05, 0.1) is 30.1 Å². The molecule has 3 amide bonds. The second-order valence-corrected chi connectivity index (χ2v) is 9.27. The summed E-state index contributed by atoms with van der Waals surface area (Å²) < 4.78 is 20.4. The first kappa shape index (κ1) is 25.6. The summed E-state index contributed by atoms with van der Waals surface area (Å²) in [6.45, 7) is 3.38. The third-order valence-corrected chi connectivity index (χ3v) is 6.62. The molecule has 0 fully saturated rings. The van der Waals surface area contributed by atoms with Crippen molar-refractivity contribution in [1.82, 2.24) is 5.32 Å². The average Bonchev–Trinajstić information content (AvgIpc) is 2.72. The van der Waals surface area contributed by atoms with E-state index in [1.807, 2.05) is 5.32 Å². The molecule has 0 saturated carbocycles. The van der Waals surface area contributed by atoms with Crippen LogP contribution in [-0.2, 0) is 0 Å². The summed E-state index contributed by atoms with van der Waals surface area (Å²) in [6.07, 6.45) is 0. The van der Waals surface area contributed by atoms with Gasteiger partial charge < -0.3 is 10.1 Å². The van der Waals surface area contributed by atoms with Crippen LogP contribution < -0.4 is 15.4 Å². The Labute approximate surface area is 217 Å². The summed E-state index contributed by atoms with van der Waals surface area (Å²) in [7, 11) is 0. The number of carbonyl (C=O) groups is 2. The molecule has 0 aromatic heterocycles. The number of ether oxygens (including phenoxy) is 1. The fraction of sp³-hybridized carbons (Fsp3) is 0.0909. The number of hydrogen-bond acceptors (Lipinski definition) is 3. The summed E-state index contributed by atoms with van der Waals surface area (Å²) in [6, 6.07) is 7.61. The van der Waals surface area contributed by atoms with Crippen molar-refractivity contribution in [2.45, 2.75) is 13.8 Å². The van der Waals surface area contributed by atoms with Crippen LogP contribution in [0.2, 0.25) is 20.1 Å². The quantitative estimate of drug-likeness (QED) is 0.297. The van der Waals surface area contributed by atoms with Crippen molar-refractivity contribution >= 4 is 80.0 Å². The molecular weight excluding hydrogens is 581 g/mol. The van der Waals surface area contributed by atoms with Crippen LogP contribution in [0.5, 0.6) is 11.5 Å². The fourth-order valence-corrected chi connectivity index (χ4v) is 4.25. The van der Waals surface area contributed by atoms with Gasteiger partial charge in [0.15, 0.2) is 0 Å². The maximum atomic E-state index is 13.9. The van der Waals surface area contributed by atoms with E-state index >= 15 is 0 Å². The molecule has 3 aromatic carbocycles. The van der Waals surface area contributed by atoms with E-state index in [-0.39, 0.29) is 10.0 Å². The Kier molecular flexibility index (Phi) is 8.13. The first-order valence-electron chi connectivity index (χ1n) is 9.18. The predicted octanol–water partition coefficient (Wildman–Crippen LogP) is 8.57. The summed E-state index contributed by atoms with van der Waals surface area (Å²) in [5.41, 5.74) is 0.946. The van der Waals surface area contributed by atoms with E-state index in [4.69, 9.17) is 51.1 Å². The number of benzene rings is 3. The van der Waals surface area contributed by atoms with Gasteiger partial charge in [-0.1, -0.05) is 52.5 Å². The Morgan fingerprint density at radius 2 is 1.67 bits per heavy atom. The normalized spacial score (nSPS) is 10.7. The van der Waals surface area contributed by atoms with Crippen molar-refractivity contribution < 1.29 is 18.7 Å². The maximum absolute atomic E-state index is 13.9. The number of carbonyl (C=O) groups excluding carboxylic acids is 2. The lowest BCUT2D eigenvalue weighted by Gasteiger charge is -2.17. The van der Waals surface area contributed by atoms with Crippen LogP contribution >= 0.6 is 62.3 Å². The van der Waals surface area contributed by atoms with E-state index in [2.05, 4.69) is 21.2 Å². The zero-order valence-corrected chi connectivity index (χ0v) is 21.6. The smallest absolute Gasteiger partial charge is 0.326 e. The zero-order valence-electron chi connectivity index (χ0n) is 17.0. The summed E-state index contributed by atoms with van der Waals surface area (Å²) >= 11 is 27.8. The van der Waals surface area contributed by atoms with E-state index in [0.717, 1.165) is 6.07 Å². The highest BCUT2D eigenvalue weighted by Crippen LogP contribution is 2.42. The number of urea groups is 1. The van der Waals surface area contributed by atoms with Crippen LogP contribution in [0.3, 0.4) is 0 Å². The molecule has 5 nitrogen and oxygen atoms in total. The molecule has 0 saturated heterocycles. The second-order valence-electron chi connectivity index (χ2n) is 6.81. The van der Waals surface area contributed by atoms with E-state index in [0.29, 0.717) is 42.8 Å². The Hall–Kier alpha value is -2.03. The first-order chi connectivity index (χ1) is 15.5. The lowest BCUT2D eigenvalue weighted by Crippen LogP contribution is -2.35. The fourth-order valence-electron chi connectivity index (χ4n) is 2.83. The van der Waals surface area contributed by atoms with Gasteiger partial charge in [-0.3, -0.25) is 10.1 Å². The molecule has 0 heterocycles. The van der Waals surface area contributed by atoms with Gasteiger partial charge in [0.2, 0.25) is 0 Å². The molecule has 0 aliphatic heterocycles. The van der Waals surface area contributed by atoms with Gasteiger partial charge in [0.25, 0.3) is 5.91 Å². The van der Waals surface area contributed by atoms with Crippen molar-refractivity contribution in [1.29, 1.82) is 0 Å². The van der Waals surface area contributed by atoms with Crippen LogP contribution in [0.25, 0.3) is 0 Å². The van der Waals surface area contributed by atoms with Crippen LogP contribution in [0.4, 0.5) is 14.9 Å². The van der Waals surface area contributed by atoms with Gasteiger partial charge in [0.1, 0.15) is 17.3 Å². The Morgan fingerprint density at radius 3 is 2.33 bits per heavy atom. The number of nitrogens with one attached hydrogen (secondary N) is 2. The molecule has 0 spiro atoms. The number of amides is 3.